The van der Waals surface area contributed by atoms with Gasteiger partial charge in [-0.2, -0.15) is 0 Å². The number of aromatic nitrogens is 1. The highest BCUT2D eigenvalue weighted by molar-refractivity contribution is 7.11. The zero-order chi connectivity index (χ0) is 19.9. The summed E-state index contributed by atoms with van der Waals surface area (Å²) < 4.78 is 5.44. The molecule has 6 nitrogen and oxygen atoms in total. The molecule has 3 rings (SSSR count). The van der Waals surface area contributed by atoms with Crippen molar-refractivity contribution in [2.45, 2.75) is 39.3 Å². The third-order valence-corrected chi connectivity index (χ3v) is 6.24. The summed E-state index contributed by atoms with van der Waals surface area (Å²) in [5.74, 6) is 1.72. The van der Waals surface area contributed by atoms with Gasteiger partial charge in [0, 0.05) is 18.5 Å². The Morgan fingerprint density at radius 2 is 2.07 bits per heavy atom. The summed E-state index contributed by atoms with van der Waals surface area (Å²) in [6.45, 7) is 7.91. The number of nitrogens with zero attached hydrogens (tertiary/aromatic N) is 3. The monoisotopic (exact) mass is 401 g/mol. The second-order valence-electron chi connectivity index (χ2n) is 7.08. The van der Waals surface area contributed by atoms with Gasteiger partial charge >= 0.3 is 0 Å². The number of likely N-dealkylation sites (tertiary alicyclic amines) is 1. The molecule has 1 unspecified atom stereocenters. The zero-order valence-corrected chi connectivity index (χ0v) is 18.1. The molecule has 1 aromatic carbocycles. The van der Waals surface area contributed by atoms with Gasteiger partial charge < -0.3 is 15.4 Å². The van der Waals surface area contributed by atoms with Crippen LogP contribution < -0.4 is 15.4 Å². The Balaban J connectivity index is 1.65. The fraction of sp³-hybridized carbons (Fsp3) is 0.524. The quantitative estimate of drug-likeness (QED) is 0.551. The molecule has 28 heavy (non-hydrogen) atoms. The topological polar surface area (TPSA) is 61.8 Å². The van der Waals surface area contributed by atoms with Crippen molar-refractivity contribution in [1.29, 1.82) is 0 Å². The number of guanidine groups is 1. The summed E-state index contributed by atoms with van der Waals surface area (Å²) >= 11 is 1.73. The molecule has 152 valence electrons. The van der Waals surface area contributed by atoms with Crippen LogP contribution in [0.25, 0.3) is 0 Å². The van der Waals surface area contributed by atoms with Crippen LogP contribution in [0.5, 0.6) is 5.75 Å². The van der Waals surface area contributed by atoms with Gasteiger partial charge in [-0.05, 0) is 57.5 Å². The molecule has 1 fully saturated rings. The van der Waals surface area contributed by atoms with E-state index in [-0.39, 0.29) is 0 Å². The third kappa shape index (κ3) is 5.23. The molecule has 0 bridgehead atoms. The van der Waals surface area contributed by atoms with E-state index >= 15 is 0 Å². The number of hydrogen-bond acceptors (Lipinski definition) is 5. The van der Waals surface area contributed by atoms with Crippen LogP contribution in [0.15, 0.2) is 29.3 Å². The lowest BCUT2D eigenvalue weighted by Crippen LogP contribution is -2.42. The van der Waals surface area contributed by atoms with E-state index in [2.05, 4.69) is 50.6 Å². The summed E-state index contributed by atoms with van der Waals surface area (Å²) in [7, 11) is 3.54. The standard InChI is InChI=1S/C21H31N5OS/c1-15-20(28-16(2)25-15)14-24-21(22-3)23-13-19(26-10-5-6-11-26)17-8-7-9-18(12-17)27-4/h7-9,12,19H,5-6,10-11,13-14H2,1-4H3,(H2,22,23,24). The Morgan fingerprint density at radius 1 is 1.29 bits per heavy atom. The molecule has 1 aliphatic heterocycles. The smallest absolute Gasteiger partial charge is 0.191 e. The zero-order valence-electron chi connectivity index (χ0n) is 17.3. The Labute approximate surface area is 172 Å². The van der Waals surface area contributed by atoms with E-state index in [0.717, 1.165) is 48.6 Å². The molecule has 1 aromatic heterocycles. The van der Waals surface area contributed by atoms with E-state index in [1.54, 1.807) is 18.4 Å². The lowest BCUT2D eigenvalue weighted by atomic mass is 10.1. The van der Waals surface area contributed by atoms with Gasteiger partial charge in [-0.1, -0.05) is 12.1 Å². The van der Waals surface area contributed by atoms with Gasteiger partial charge in [-0.3, -0.25) is 9.89 Å². The van der Waals surface area contributed by atoms with Gasteiger partial charge in [0.15, 0.2) is 5.96 Å². The predicted octanol–water partition coefficient (Wildman–Crippen LogP) is 3.27. The van der Waals surface area contributed by atoms with Crippen LogP contribution in [0.4, 0.5) is 0 Å². The molecule has 7 heteroatoms. The van der Waals surface area contributed by atoms with Crippen LogP contribution in [-0.2, 0) is 6.54 Å². The number of aryl methyl sites for hydroxylation is 2. The summed E-state index contributed by atoms with van der Waals surface area (Å²) in [5, 5.41) is 8.05. The summed E-state index contributed by atoms with van der Waals surface area (Å²) in [5.41, 5.74) is 2.37. The van der Waals surface area contributed by atoms with Crippen molar-refractivity contribution >= 4 is 17.3 Å². The van der Waals surface area contributed by atoms with Crippen molar-refractivity contribution in [1.82, 2.24) is 20.5 Å². The molecule has 2 N–H and O–H groups in total. The minimum Gasteiger partial charge on any atom is -0.497 e. The molecule has 2 heterocycles. The molecular formula is C21H31N5OS. The average Bonchev–Trinajstić information content (AvgIpc) is 3.34. The number of aliphatic imine (C=N–C) groups is 1. The first-order chi connectivity index (χ1) is 13.6. The first-order valence-electron chi connectivity index (χ1n) is 9.86. The number of ether oxygens (including phenoxy) is 1. The van der Waals surface area contributed by atoms with Crippen LogP contribution in [-0.4, -0.2) is 49.6 Å². The number of methoxy groups -OCH3 is 1. The highest BCUT2D eigenvalue weighted by Gasteiger charge is 2.24. The maximum atomic E-state index is 5.44. The molecule has 0 aliphatic carbocycles. The minimum absolute atomic E-state index is 0.295. The molecule has 0 amide bonds. The van der Waals surface area contributed by atoms with E-state index in [1.165, 1.54) is 23.3 Å². The number of thiazole rings is 1. The average molecular weight is 402 g/mol. The summed E-state index contributed by atoms with van der Waals surface area (Å²) in [6.07, 6.45) is 2.52. The number of hydrogen-bond donors (Lipinski definition) is 2. The highest BCUT2D eigenvalue weighted by atomic mass is 32.1. The van der Waals surface area contributed by atoms with Crippen molar-refractivity contribution in [2.24, 2.45) is 4.99 Å². The third-order valence-electron chi connectivity index (χ3n) is 5.16. The van der Waals surface area contributed by atoms with Crippen LogP contribution in [0.2, 0.25) is 0 Å². The SMILES string of the molecule is CN=C(NCc1sc(C)nc1C)NCC(c1cccc(OC)c1)N1CCCC1. The molecule has 0 spiro atoms. The van der Waals surface area contributed by atoms with E-state index in [1.807, 2.05) is 20.0 Å². The Hall–Kier alpha value is -2.12. The van der Waals surface area contributed by atoms with E-state index in [9.17, 15) is 0 Å². The van der Waals surface area contributed by atoms with Crippen molar-refractivity contribution in [3.05, 3.63) is 45.4 Å². The fourth-order valence-electron chi connectivity index (χ4n) is 3.68. The second-order valence-corrected chi connectivity index (χ2v) is 8.37. The largest absolute Gasteiger partial charge is 0.497 e. The maximum Gasteiger partial charge on any atom is 0.191 e. The van der Waals surface area contributed by atoms with Gasteiger partial charge in [-0.25, -0.2) is 4.98 Å². The first-order valence-corrected chi connectivity index (χ1v) is 10.7. The van der Waals surface area contributed by atoms with Crippen molar-refractivity contribution in [2.75, 3.05) is 33.8 Å². The highest BCUT2D eigenvalue weighted by Crippen LogP contribution is 2.27. The van der Waals surface area contributed by atoms with Crippen molar-refractivity contribution < 1.29 is 4.74 Å². The fourth-order valence-corrected chi connectivity index (χ4v) is 4.55. The number of nitrogens with one attached hydrogen (secondary N) is 2. The number of benzene rings is 1. The van der Waals surface area contributed by atoms with Crippen LogP contribution in [0, 0.1) is 13.8 Å². The van der Waals surface area contributed by atoms with Crippen LogP contribution in [0.3, 0.4) is 0 Å². The molecular weight excluding hydrogens is 370 g/mol. The van der Waals surface area contributed by atoms with Crippen molar-refractivity contribution in [3.8, 4) is 5.75 Å². The maximum absolute atomic E-state index is 5.44. The van der Waals surface area contributed by atoms with E-state index < -0.39 is 0 Å². The Kier molecular flexibility index (Phi) is 7.28. The molecule has 1 aliphatic rings. The molecule has 0 saturated carbocycles. The van der Waals surface area contributed by atoms with Crippen LogP contribution in [0.1, 0.15) is 40.0 Å². The van der Waals surface area contributed by atoms with Gasteiger partial charge in [0.2, 0.25) is 0 Å². The normalized spacial score (nSPS) is 16.2. The lowest BCUT2D eigenvalue weighted by Gasteiger charge is -2.29. The number of rotatable bonds is 7. The van der Waals surface area contributed by atoms with E-state index in [0.29, 0.717) is 6.04 Å². The van der Waals surface area contributed by atoms with E-state index in [4.69, 9.17) is 4.74 Å². The van der Waals surface area contributed by atoms with Gasteiger partial charge in [0.1, 0.15) is 5.75 Å². The second kappa shape index (κ2) is 9.89. The van der Waals surface area contributed by atoms with Gasteiger partial charge in [-0.15, -0.1) is 11.3 Å². The van der Waals surface area contributed by atoms with Crippen molar-refractivity contribution in [3.63, 3.8) is 0 Å². The predicted molar refractivity (Wildman–Crippen MR) is 116 cm³/mol. The molecule has 1 saturated heterocycles. The molecule has 1 atom stereocenters. The Bertz CT molecular complexity index is 798. The first kappa shape index (κ1) is 20.6. The lowest BCUT2D eigenvalue weighted by molar-refractivity contribution is 0.245. The summed E-state index contributed by atoms with van der Waals surface area (Å²) in [6, 6.07) is 8.69. The van der Waals surface area contributed by atoms with Crippen LogP contribution >= 0.6 is 11.3 Å². The van der Waals surface area contributed by atoms with Gasteiger partial charge in [0.05, 0.1) is 30.4 Å². The molecule has 2 aromatic rings. The minimum atomic E-state index is 0.295. The summed E-state index contributed by atoms with van der Waals surface area (Å²) in [4.78, 5) is 12.7. The molecule has 0 radical (unpaired) electrons. The van der Waals surface area contributed by atoms with Gasteiger partial charge in [0.25, 0.3) is 0 Å². The Morgan fingerprint density at radius 3 is 2.71 bits per heavy atom.